The monoisotopic (exact) mass is 423 g/mol. The summed E-state index contributed by atoms with van der Waals surface area (Å²) in [5.74, 6) is 2.70. The lowest BCUT2D eigenvalue weighted by Crippen LogP contribution is -2.49. The number of carbonyl (C=O) groups is 1. The van der Waals surface area contributed by atoms with Gasteiger partial charge in [0.05, 0.1) is 6.61 Å². The average Bonchev–Trinajstić information content (AvgIpc) is 3.34. The van der Waals surface area contributed by atoms with Gasteiger partial charge in [-0.15, -0.1) is 0 Å². The highest BCUT2D eigenvalue weighted by Crippen LogP contribution is 2.22. The summed E-state index contributed by atoms with van der Waals surface area (Å²) < 4.78 is 5.70. The van der Waals surface area contributed by atoms with E-state index in [-0.39, 0.29) is 5.91 Å². The van der Waals surface area contributed by atoms with E-state index in [0.29, 0.717) is 25.3 Å². The van der Waals surface area contributed by atoms with Crippen molar-refractivity contribution < 1.29 is 9.53 Å². The number of hydrogen-bond donors (Lipinski definition) is 0. The number of hydrogen-bond acceptors (Lipinski definition) is 6. The molecule has 0 atom stereocenters. The molecule has 2 aliphatic heterocycles. The summed E-state index contributed by atoms with van der Waals surface area (Å²) in [5, 5.41) is 0. The van der Waals surface area contributed by atoms with E-state index in [1.54, 1.807) is 0 Å². The molecule has 0 bridgehead atoms. The predicted molar refractivity (Wildman–Crippen MR) is 123 cm³/mol. The highest BCUT2D eigenvalue weighted by molar-refractivity contribution is 5.94. The molecule has 1 aromatic carbocycles. The van der Waals surface area contributed by atoms with Crippen LogP contribution in [-0.2, 0) is 0 Å². The van der Waals surface area contributed by atoms with Gasteiger partial charge in [0.25, 0.3) is 5.91 Å². The van der Waals surface area contributed by atoms with Gasteiger partial charge in [-0.2, -0.15) is 4.98 Å². The number of rotatable bonds is 7. The van der Waals surface area contributed by atoms with E-state index in [9.17, 15) is 4.79 Å². The minimum absolute atomic E-state index is 0.0719. The Morgan fingerprint density at radius 2 is 1.68 bits per heavy atom. The van der Waals surface area contributed by atoms with Gasteiger partial charge in [0, 0.05) is 56.6 Å². The lowest BCUT2D eigenvalue weighted by atomic mass is 10.1. The number of amides is 1. The van der Waals surface area contributed by atoms with Crippen molar-refractivity contribution in [2.24, 2.45) is 0 Å². The normalized spacial score (nSPS) is 16.6. The summed E-state index contributed by atoms with van der Waals surface area (Å²) >= 11 is 0. The maximum atomic E-state index is 12.9. The fourth-order valence-electron chi connectivity index (χ4n) is 4.11. The van der Waals surface area contributed by atoms with Gasteiger partial charge in [-0.1, -0.05) is 13.3 Å². The Bertz CT molecular complexity index is 872. The third kappa shape index (κ3) is 5.27. The van der Waals surface area contributed by atoms with E-state index in [4.69, 9.17) is 9.72 Å². The predicted octanol–water partition coefficient (Wildman–Crippen LogP) is 3.53. The molecule has 0 unspecified atom stereocenters. The van der Waals surface area contributed by atoms with Crippen LogP contribution < -0.4 is 14.5 Å². The minimum Gasteiger partial charge on any atom is -0.494 e. The molecular weight excluding hydrogens is 390 g/mol. The molecule has 0 aliphatic carbocycles. The summed E-state index contributed by atoms with van der Waals surface area (Å²) in [6.07, 6.45) is 4.60. The Labute approximate surface area is 185 Å². The fraction of sp³-hybridized carbons (Fsp3) is 0.542. The van der Waals surface area contributed by atoms with E-state index >= 15 is 0 Å². The third-order valence-corrected chi connectivity index (χ3v) is 5.98. The minimum atomic E-state index is 0.0719. The number of nitrogens with zero attached hydrogens (tertiary/aromatic N) is 5. The van der Waals surface area contributed by atoms with Crippen LogP contribution in [0.1, 0.15) is 48.7 Å². The van der Waals surface area contributed by atoms with Crippen molar-refractivity contribution in [3.63, 3.8) is 0 Å². The van der Waals surface area contributed by atoms with Gasteiger partial charge in [-0.05, 0) is 50.5 Å². The molecule has 0 radical (unpaired) electrons. The van der Waals surface area contributed by atoms with Crippen LogP contribution in [0.4, 0.5) is 11.8 Å². The maximum Gasteiger partial charge on any atom is 0.253 e. The van der Waals surface area contributed by atoms with Gasteiger partial charge in [0.15, 0.2) is 0 Å². The van der Waals surface area contributed by atoms with Crippen molar-refractivity contribution in [2.75, 3.05) is 55.7 Å². The number of benzene rings is 1. The molecule has 2 aromatic rings. The second-order valence-corrected chi connectivity index (χ2v) is 8.37. The number of carbonyl (C=O) groups excluding carboxylic acids is 1. The smallest absolute Gasteiger partial charge is 0.253 e. The molecule has 3 heterocycles. The van der Waals surface area contributed by atoms with Crippen molar-refractivity contribution in [2.45, 2.75) is 39.5 Å². The molecule has 7 nitrogen and oxygen atoms in total. The quantitative estimate of drug-likeness (QED) is 0.635. The molecular formula is C24H33N5O2. The fourth-order valence-corrected chi connectivity index (χ4v) is 4.11. The Kier molecular flexibility index (Phi) is 6.89. The van der Waals surface area contributed by atoms with E-state index < -0.39 is 0 Å². The van der Waals surface area contributed by atoms with Crippen molar-refractivity contribution in [1.82, 2.24) is 14.9 Å². The van der Waals surface area contributed by atoms with Crippen molar-refractivity contribution in [3.8, 4) is 5.75 Å². The first kappa shape index (κ1) is 21.4. The number of aryl methyl sites for hydroxylation is 1. The zero-order chi connectivity index (χ0) is 21.6. The average molecular weight is 424 g/mol. The van der Waals surface area contributed by atoms with Gasteiger partial charge in [-0.25, -0.2) is 4.98 Å². The largest absolute Gasteiger partial charge is 0.494 e. The Morgan fingerprint density at radius 1 is 0.968 bits per heavy atom. The standard InChI is InChI=1S/C24H33N5O2/c1-3-4-17-31-21-9-7-20(8-10-21)23(30)28-13-15-29(16-14-28)24-25-19(2)18-22(26-24)27-11-5-6-12-27/h7-10,18H,3-6,11-17H2,1-2H3. The lowest BCUT2D eigenvalue weighted by Gasteiger charge is -2.35. The number of ether oxygens (including phenoxy) is 1. The van der Waals surface area contributed by atoms with Crippen LogP contribution in [0.5, 0.6) is 5.75 Å². The highest BCUT2D eigenvalue weighted by Gasteiger charge is 2.25. The summed E-state index contributed by atoms with van der Waals surface area (Å²) in [4.78, 5) is 28.9. The van der Waals surface area contributed by atoms with Crippen LogP contribution >= 0.6 is 0 Å². The summed E-state index contributed by atoms with van der Waals surface area (Å²) in [6.45, 7) is 9.85. The summed E-state index contributed by atoms with van der Waals surface area (Å²) in [5.41, 5.74) is 1.70. The molecule has 31 heavy (non-hydrogen) atoms. The molecule has 1 aromatic heterocycles. The molecule has 2 aliphatic rings. The first-order valence-corrected chi connectivity index (χ1v) is 11.5. The van der Waals surface area contributed by atoms with Gasteiger partial charge in [-0.3, -0.25) is 4.79 Å². The van der Waals surface area contributed by atoms with Crippen molar-refractivity contribution in [3.05, 3.63) is 41.6 Å². The second-order valence-electron chi connectivity index (χ2n) is 8.37. The molecule has 7 heteroatoms. The van der Waals surface area contributed by atoms with Crippen molar-refractivity contribution >= 4 is 17.7 Å². The van der Waals surface area contributed by atoms with E-state index in [2.05, 4.69) is 27.8 Å². The van der Waals surface area contributed by atoms with E-state index in [1.807, 2.05) is 36.1 Å². The van der Waals surface area contributed by atoms with Gasteiger partial charge in [0.1, 0.15) is 11.6 Å². The van der Waals surface area contributed by atoms with E-state index in [1.165, 1.54) is 12.8 Å². The highest BCUT2D eigenvalue weighted by atomic mass is 16.5. The first-order chi connectivity index (χ1) is 15.1. The van der Waals surface area contributed by atoms with E-state index in [0.717, 1.165) is 62.2 Å². The summed E-state index contributed by atoms with van der Waals surface area (Å²) in [7, 11) is 0. The number of aromatic nitrogens is 2. The van der Waals surface area contributed by atoms with Gasteiger partial charge >= 0.3 is 0 Å². The maximum absolute atomic E-state index is 12.9. The van der Waals surface area contributed by atoms with Crippen molar-refractivity contribution in [1.29, 1.82) is 0 Å². The number of anilines is 2. The molecule has 166 valence electrons. The number of unbranched alkanes of at least 4 members (excludes halogenated alkanes) is 1. The van der Waals surface area contributed by atoms with Crippen LogP contribution in [0, 0.1) is 6.92 Å². The first-order valence-electron chi connectivity index (χ1n) is 11.5. The van der Waals surface area contributed by atoms with Crippen LogP contribution in [0.25, 0.3) is 0 Å². The third-order valence-electron chi connectivity index (χ3n) is 5.98. The Hall–Kier alpha value is -2.83. The van der Waals surface area contributed by atoms with Gasteiger partial charge in [0.2, 0.25) is 5.95 Å². The molecule has 0 N–H and O–H groups in total. The van der Waals surface area contributed by atoms with Crippen LogP contribution in [0.2, 0.25) is 0 Å². The second kappa shape index (κ2) is 9.98. The molecule has 1 amide bonds. The zero-order valence-corrected chi connectivity index (χ0v) is 18.7. The molecule has 2 saturated heterocycles. The molecule has 0 spiro atoms. The SMILES string of the molecule is CCCCOc1ccc(C(=O)N2CCN(c3nc(C)cc(N4CCCC4)n3)CC2)cc1. The van der Waals surface area contributed by atoms with Crippen LogP contribution in [-0.4, -0.2) is 66.7 Å². The molecule has 2 fully saturated rings. The van der Waals surface area contributed by atoms with Crippen LogP contribution in [0.3, 0.4) is 0 Å². The van der Waals surface area contributed by atoms with Crippen LogP contribution in [0.15, 0.2) is 30.3 Å². The topological polar surface area (TPSA) is 61.8 Å². The Morgan fingerprint density at radius 3 is 2.35 bits per heavy atom. The zero-order valence-electron chi connectivity index (χ0n) is 18.7. The summed E-state index contributed by atoms with van der Waals surface area (Å²) in [6, 6.07) is 9.58. The Balaban J connectivity index is 1.34. The van der Waals surface area contributed by atoms with Gasteiger partial charge < -0.3 is 19.4 Å². The lowest BCUT2D eigenvalue weighted by molar-refractivity contribution is 0.0746. The molecule has 4 rings (SSSR count). The molecule has 0 saturated carbocycles. The number of piperazine rings is 1.